The summed E-state index contributed by atoms with van der Waals surface area (Å²) in [4.78, 5) is 26.3. The van der Waals surface area contributed by atoms with Crippen LogP contribution < -0.4 is 10.1 Å². The van der Waals surface area contributed by atoms with Crippen LogP contribution in [0.1, 0.15) is 18.1 Å². The number of rotatable bonds is 8. The molecule has 1 aliphatic rings. The molecule has 2 aromatic carbocycles. The number of methoxy groups -OCH3 is 1. The monoisotopic (exact) mass is 462 g/mol. The maximum absolute atomic E-state index is 12.9. The van der Waals surface area contributed by atoms with E-state index in [0.717, 1.165) is 20.7 Å². The minimum Gasteiger partial charge on any atom is -0.497 e. The van der Waals surface area contributed by atoms with Crippen LogP contribution in [-0.4, -0.2) is 48.3 Å². The number of aliphatic hydroxyl groups is 1. The number of nitrogens with one attached hydrogen (secondary N) is 1. The average Bonchev–Trinajstić information content (AvgIpc) is 2.93. The van der Waals surface area contributed by atoms with Crippen molar-refractivity contribution in [2.75, 3.05) is 20.3 Å². The zero-order valence-corrected chi connectivity index (χ0v) is 17.8. The van der Waals surface area contributed by atoms with Crippen molar-refractivity contribution in [3.63, 3.8) is 0 Å². The molecule has 8 heteroatoms. The van der Waals surface area contributed by atoms with Gasteiger partial charge in [0.1, 0.15) is 11.3 Å². The number of hydrogen-bond acceptors (Lipinski definition) is 5. The van der Waals surface area contributed by atoms with Crippen molar-refractivity contribution in [3.8, 4) is 5.75 Å². The van der Waals surface area contributed by atoms with E-state index >= 15 is 0 Å². The zero-order valence-electron chi connectivity index (χ0n) is 16.2. The lowest BCUT2D eigenvalue weighted by Crippen LogP contribution is -2.42. The number of β-amino-alcohol motifs (C(OH)–C–C–N with tert-alkyl or cyclic N) is 1. The van der Waals surface area contributed by atoms with Crippen molar-refractivity contribution in [1.82, 2.24) is 10.2 Å². The van der Waals surface area contributed by atoms with E-state index < -0.39 is 23.6 Å². The van der Waals surface area contributed by atoms with Gasteiger partial charge in [0, 0.05) is 4.47 Å². The third-order valence-corrected chi connectivity index (χ3v) is 5.36. The quantitative estimate of drug-likeness (QED) is 0.588. The second-order valence-electron chi connectivity index (χ2n) is 6.99. The van der Waals surface area contributed by atoms with Gasteiger partial charge in [0.15, 0.2) is 0 Å². The highest BCUT2D eigenvalue weighted by Crippen LogP contribution is 2.29. The number of amides is 3. The zero-order chi connectivity index (χ0) is 21.0. The van der Waals surface area contributed by atoms with Gasteiger partial charge in [-0.25, -0.2) is 4.79 Å². The smallest absolute Gasteiger partial charge is 0.325 e. The van der Waals surface area contributed by atoms with Crippen LogP contribution in [0.4, 0.5) is 4.79 Å². The molecule has 2 aromatic rings. The lowest BCUT2D eigenvalue weighted by Gasteiger charge is -2.23. The molecule has 7 nitrogen and oxygen atoms in total. The molecule has 2 N–H and O–H groups in total. The first-order valence-electron chi connectivity index (χ1n) is 9.12. The van der Waals surface area contributed by atoms with Crippen molar-refractivity contribution in [2.24, 2.45) is 0 Å². The predicted octanol–water partition coefficient (Wildman–Crippen LogP) is 2.80. The molecular weight excluding hydrogens is 440 g/mol. The molecule has 0 radical (unpaired) electrons. The number of nitrogens with zero attached hydrogens (tertiary/aromatic N) is 1. The van der Waals surface area contributed by atoms with Gasteiger partial charge in [-0.3, -0.25) is 9.69 Å². The summed E-state index contributed by atoms with van der Waals surface area (Å²) in [5.74, 6) is 0.347. The molecule has 0 bridgehead atoms. The Hall–Kier alpha value is -2.42. The van der Waals surface area contributed by atoms with Crippen LogP contribution in [-0.2, 0) is 21.7 Å². The van der Waals surface area contributed by atoms with Crippen molar-refractivity contribution in [3.05, 3.63) is 64.1 Å². The number of imide groups is 1. The highest BCUT2D eigenvalue weighted by Gasteiger charge is 2.49. The molecule has 154 valence electrons. The SMILES string of the molecule is COc1ccc(COC[C@H](O)CN2C(=O)N[C@@](C)(c3ccc(Br)cc3)C2=O)cc1. The highest BCUT2D eigenvalue weighted by atomic mass is 79.9. The summed E-state index contributed by atoms with van der Waals surface area (Å²) < 4.78 is 11.5. The normalized spacial score (nSPS) is 19.9. The van der Waals surface area contributed by atoms with Gasteiger partial charge in [-0.05, 0) is 42.3 Å². The Bertz CT molecular complexity index is 872. The van der Waals surface area contributed by atoms with E-state index in [2.05, 4.69) is 21.2 Å². The van der Waals surface area contributed by atoms with E-state index in [1.807, 2.05) is 36.4 Å². The molecule has 1 saturated heterocycles. The van der Waals surface area contributed by atoms with Crippen LogP contribution >= 0.6 is 15.9 Å². The summed E-state index contributed by atoms with van der Waals surface area (Å²) in [5.41, 5.74) is 0.434. The van der Waals surface area contributed by atoms with Gasteiger partial charge in [-0.1, -0.05) is 40.2 Å². The fourth-order valence-corrected chi connectivity index (χ4v) is 3.40. The first-order valence-corrected chi connectivity index (χ1v) is 9.91. The van der Waals surface area contributed by atoms with Gasteiger partial charge in [-0.2, -0.15) is 0 Å². The van der Waals surface area contributed by atoms with Gasteiger partial charge in [0.2, 0.25) is 0 Å². The van der Waals surface area contributed by atoms with Gasteiger partial charge in [0.25, 0.3) is 5.91 Å². The topological polar surface area (TPSA) is 88.1 Å². The summed E-state index contributed by atoms with van der Waals surface area (Å²) in [6.45, 7) is 1.82. The number of hydrogen-bond donors (Lipinski definition) is 2. The Morgan fingerprint density at radius 1 is 1.14 bits per heavy atom. The minimum atomic E-state index is -1.17. The second kappa shape index (κ2) is 8.94. The molecule has 0 aliphatic carbocycles. The Morgan fingerprint density at radius 3 is 2.41 bits per heavy atom. The molecule has 1 heterocycles. The Morgan fingerprint density at radius 2 is 1.79 bits per heavy atom. The second-order valence-corrected chi connectivity index (χ2v) is 7.91. The number of benzene rings is 2. The van der Waals surface area contributed by atoms with Crippen LogP contribution in [0.5, 0.6) is 5.75 Å². The largest absolute Gasteiger partial charge is 0.497 e. The number of urea groups is 1. The molecule has 0 aromatic heterocycles. The molecule has 1 fully saturated rings. The fourth-order valence-electron chi connectivity index (χ4n) is 3.14. The summed E-state index contributed by atoms with van der Waals surface area (Å²) in [6.07, 6.45) is -0.991. The maximum Gasteiger partial charge on any atom is 0.325 e. The standard InChI is InChI=1S/C21H23BrN2O5/c1-21(15-5-7-16(22)8-6-15)19(26)24(20(27)23-21)11-17(25)13-29-12-14-3-9-18(28-2)10-4-14/h3-10,17,25H,11-13H2,1-2H3,(H,23,27)/t17-,21+/m1/s1. The van der Waals surface area contributed by atoms with Crippen LogP contribution in [0, 0.1) is 0 Å². The van der Waals surface area contributed by atoms with Gasteiger partial charge < -0.3 is 19.9 Å². The van der Waals surface area contributed by atoms with E-state index in [1.54, 1.807) is 26.2 Å². The van der Waals surface area contributed by atoms with Crippen LogP contribution in [0.2, 0.25) is 0 Å². The summed E-state index contributed by atoms with van der Waals surface area (Å²) in [7, 11) is 1.60. The van der Waals surface area contributed by atoms with Crippen molar-refractivity contribution >= 4 is 27.9 Å². The highest BCUT2D eigenvalue weighted by molar-refractivity contribution is 9.10. The molecule has 29 heavy (non-hydrogen) atoms. The lowest BCUT2D eigenvalue weighted by atomic mass is 9.92. The first kappa shape index (κ1) is 21.3. The van der Waals surface area contributed by atoms with Gasteiger partial charge in [-0.15, -0.1) is 0 Å². The minimum absolute atomic E-state index is 0.00190. The first-order chi connectivity index (χ1) is 13.8. The van der Waals surface area contributed by atoms with E-state index in [9.17, 15) is 14.7 Å². The van der Waals surface area contributed by atoms with Gasteiger partial charge in [0.05, 0.1) is 33.0 Å². The molecule has 0 spiro atoms. The Balaban J connectivity index is 1.55. The van der Waals surface area contributed by atoms with Gasteiger partial charge >= 0.3 is 6.03 Å². The summed E-state index contributed by atoms with van der Waals surface area (Å²) >= 11 is 3.36. The van der Waals surface area contributed by atoms with Crippen molar-refractivity contribution < 1.29 is 24.2 Å². The van der Waals surface area contributed by atoms with E-state index in [4.69, 9.17) is 9.47 Å². The molecule has 1 aliphatic heterocycles. The third kappa shape index (κ3) is 4.77. The number of aliphatic hydroxyl groups excluding tert-OH is 1. The molecule has 0 unspecified atom stereocenters. The number of carbonyl (C=O) groups is 2. The maximum atomic E-state index is 12.9. The summed E-state index contributed by atoms with van der Waals surface area (Å²) in [6, 6.07) is 14.0. The molecule has 0 saturated carbocycles. The lowest BCUT2D eigenvalue weighted by molar-refractivity contribution is -0.132. The molecular formula is C21H23BrN2O5. The van der Waals surface area contributed by atoms with Crippen LogP contribution in [0.3, 0.4) is 0 Å². The van der Waals surface area contributed by atoms with Crippen LogP contribution in [0.15, 0.2) is 53.0 Å². The van der Waals surface area contributed by atoms with Crippen LogP contribution in [0.25, 0.3) is 0 Å². The predicted molar refractivity (Wildman–Crippen MR) is 110 cm³/mol. The van der Waals surface area contributed by atoms with E-state index in [-0.39, 0.29) is 13.2 Å². The molecule has 3 amide bonds. The molecule has 3 rings (SSSR count). The summed E-state index contributed by atoms with van der Waals surface area (Å²) in [5, 5.41) is 13.0. The van der Waals surface area contributed by atoms with E-state index in [1.165, 1.54) is 0 Å². The number of carbonyl (C=O) groups excluding carboxylic acids is 2. The third-order valence-electron chi connectivity index (χ3n) is 4.83. The van der Waals surface area contributed by atoms with Crippen molar-refractivity contribution in [1.29, 1.82) is 0 Å². The average molecular weight is 463 g/mol. The number of ether oxygens (including phenoxy) is 2. The molecule has 2 atom stereocenters. The van der Waals surface area contributed by atoms with E-state index in [0.29, 0.717) is 12.2 Å². The Labute approximate surface area is 177 Å². The van der Waals surface area contributed by atoms with Crippen molar-refractivity contribution in [2.45, 2.75) is 25.2 Å². The fraction of sp³-hybridized carbons (Fsp3) is 0.333. The Kier molecular flexibility index (Phi) is 6.56. The number of halogens is 1.